The predicted octanol–water partition coefficient (Wildman–Crippen LogP) is 1.74. The summed E-state index contributed by atoms with van der Waals surface area (Å²) in [5.74, 6) is 0.655. The highest BCUT2D eigenvalue weighted by molar-refractivity contribution is 5.89. The van der Waals surface area contributed by atoms with Gasteiger partial charge in [0.1, 0.15) is 0 Å². The highest BCUT2D eigenvalue weighted by Crippen LogP contribution is 2.21. The minimum atomic E-state index is 0.0817. The molecule has 0 aliphatic carbocycles. The van der Waals surface area contributed by atoms with Gasteiger partial charge in [0.15, 0.2) is 6.29 Å². The van der Waals surface area contributed by atoms with Crippen molar-refractivity contribution in [2.24, 2.45) is 10.9 Å². The summed E-state index contributed by atoms with van der Waals surface area (Å²) in [6.45, 7) is 7.68. The Bertz CT molecular complexity index is 469. The third-order valence-corrected chi connectivity index (χ3v) is 3.99. The van der Waals surface area contributed by atoms with Crippen LogP contribution in [0.4, 0.5) is 5.69 Å². The summed E-state index contributed by atoms with van der Waals surface area (Å²) in [6, 6.07) is 8.89. The van der Waals surface area contributed by atoms with Gasteiger partial charge in [-0.2, -0.15) is 0 Å². The van der Waals surface area contributed by atoms with Crippen molar-refractivity contribution < 1.29 is 0 Å². The summed E-state index contributed by atoms with van der Waals surface area (Å²) in [5.41, 5.74) is 2.36. The van der Waals surface area contributed by atoms with Gasteiger partial charge < -0.3 is 10.6 Å². The molecule has 2 unspecified atom stereocenters. The second-order valence-electron chi connectivity index (χ2n) is 5.68. The van der Waals surface area contributed by atoms with Gasteiger partial charge in [0, 0.05) is 43.1 Å². The Morgan fingerprint density at radius 1 is 1.32 bits per heavy atom. The van der Waals surface area contributed by atoms with Crippen LogP contribution in [-0.4, -0.2) is 43.1 Å². The van der Waals surface area contributed by atoms with E-state index in [1.54, 1.807) is 0 Å². The van der Waals surface area contributed by atoms with Crippen molar-refractivity contribution in [3.8, 4) is 0 Å². The Morgan fingerprint density at radius 2 is 2.16 bits per heavy atom. The van der Waals surface area contributed by atoms with Crippen LogP contribution in [-0.2, 0) is 0 Å². The molecule has 4 nitrogen and oxygen atoms in total. The lowest BCUT2D eigenvalue weighted by atomic mass is 10.0. The summed E-state index contributed by atoms with van der Waals surface area (Å²) < 4.78 is 0. The zero-order chi connectivity index (χ0) is 13.2. The molecule has 2 N–H and O–H groups in total. The number of anilines is 1. The molecule has 0 amide bonds. The average Bonchev–Trinajstić information content (AvgIpc) is 2.47. The molecule has 0 spiro atoms. The van der Waals surface area contributed by atoms with Gasteiger partial charge in [0.05, 0.1) is 0 Å². The quantitative estimate of drug-likeness (QED) is 0.849. The molecule has 102 valence electrons. The lowest BCUT2D eigenvalue weighted by Gasteiger charge is -2.40. The molecule has 2 atom stereocenters. The monoisotopic (exact) mass is 258 g/mol. The van der Waals surface area contributed by atoms with Gasteiger partial charge in [-0.15, -0.1) is 0 Å². The molecule has 1 fully saturated rings. The average molecular weight is 258 g/mol. The Kier molecular flexibility index (Phi) is 3.53. The van der Waals surface area contributed by atoms with Crippen molar-refractivity contribution in [3.63, 3.8) is 0 Å². The maximum Gasteiger partial charge on any atom is 0.176 e. The second kappa shape index (κ2) is 5.31. The van der Waals surface area contributed by atoms with Crippen LogP contribution < -0.4 is 10.6 Å². The van der Waals surface area contributed by atoms with E-state index in [0.717, 1.165) is 19.6 Å². The molecule has 0 radical (unpaired) electrons. The molecular formula is C15H22N4. The number of nitrogens with zero attached hydrogens (tertiary/aromatic N) is 2. The van der Waals surface area contributed by atoms with Crippen molar-refractivity contribution in [2.75, 3.05) is 25.0 Å². The van der Waals surface area contributed by atoms with Gasteiger partial charge in [-0.25, -0.2) is 0 Å². The lowest BCUT2D eigenvalue weighted by molar-refractivity contribution is 0.142. The second-order valence-corrected chi connectivity index (χ2v) is 5.68. The van der Waals surface area contributed by atoms with Crippen molar-refractivity contribution >= 4 is 11.9 Å². The van der Waals surface area contributed by atoms with Crippen molar-refractivity contribution in [2.45, 2.75) is 26.2 Å². The summed E-state index contributed by atoms with van der Waals surface area (Å²) >= 11 is 0. The van der Waals surface area contributed by atoms with E-state index in [9.17, 15) is 0 Å². The molecule has 0 bridgehead atoms. The van der Waals surface area contributed by atoms with Crippen LogP contribution in [0.3, 0.4) is 0 Å². The van der Waals surface area contributed by atoms with Crippen molar-refractivity contribution in [3.05, 3.63) is 29.8 Å². The number of hydrogen-bond acceptors (Lipinski definition) is 4. The molecule has 19 heavy (non-hydrogen) atoms. The Morgan fingerprint density at radius 3 is 3.00 bits per heavy atom. The van der Waals surface area contributed by atoms with Crippen LogP contribution in [0.25, 0.3) is 0 Å². The molecule has 2 aliphatic heterocycles. The fraction of sp³-hybridized carbons (Fsp3) is 0.533. The number of hydrogen-bond donors (Lipinski definition) is 2. The number of benzene rings is 1. The van der Waals surface area contributed by atoms with E-state index in [0.29, 0.717) is 12.0 Å². The maximum atomic E-state index is 4.65. The highest BCUT2D eigenvalue weighted by atomic mass is 15.4. The Balaban J connectivity index is 1.71. The zero-order valence-corrected chi connectivity index (χ0v) is 11.6. The molecule has 1 aromatic rings. The third kappa shape index (κ3) is 2.65. The molecule has 0 aromatic heterocycles. The standard InChI is InChI=1S/C15H22N4/c1-11(2)14-10-19(8-7-16-14)15-17-9-12-5-3-4-6-13(12)18-15/h3-6,9,11,14-16,18H,7-8,10H2,1-2H3. The van der Waals surface area contributed by atoms with Gasteiger partial charge in [-0.05, 0) is 12.0 Å². The molecule has 3 rings (SSSR count). The van der Waals surface area contributed by atoms with Gasteiger partial charge in [0.25, 0.3) is 0 Å². The van der Waals surface area contributed by atoms with E-state index in [2.05, 4.69) is 52.6 Å². The lowest BCUT2D eigenvalue weighted by Crippen LogP contribution is -2.57. The van der Waals surface area contributed by atoms with E-state index in [4.69, 9.17) is 0 Å². The first-order valence-corrected chi connectivity index (χ1v) is 7.10. The SMILES string of the molecule is CC(C)C1CN(C2N=Cc3ccccc3N2)CCN1. The fourth-order valence-corrected chi connectivity index (χ4v) is 2.72. The van der Waals surface area contributed by atoms with Crippen LogP contribution >= 0.6 is 0 Å². The van der Waals surface area contributed by atoms with Crippen LogP contribution in [0.2, 0.25) is 0 Å². The van der Waals surface area contributed by atoms with Crippen molar-refractivity contribution in [1.82, 2.24) is 10.2 Å². The summed E-state index contributed by atoms with van der Waals surface area (Å²) in [6.07, 6.45) is 2.07. The van der Waals surface area contributed by atoms with Gasteiger partial charge in [-0.3, -0.25) is 9.89 Å². The van der Waals surface area contributed by atoms with Crippen molar-refractivity contribution in [1.29, 1.82) is 0 Å². The smallest absolute Gasteiger partial charge is 0.176 e. The maximum absolute atomic E-state index is 4.65. The summed E-state index contributed by atoms with van der Waals surface area (Å²) in [4.78, 5) is 7.07. The number of rotatable bonds is 2. The number of fused-ring (bicyclic) bond motifs is 1. The number of para-hydroxylation sites is 1. The molecule has 1 saturated heterocycles. The number of nitrogens with one attached hydrogen (secondary N) is 2. The molecular weight excluding hydrogens is 236 g/mol. The zero-order valence-electron chi connectivity index (χ0n) is 11.6. The van der Waals surface area contributed by atoms with Crippen LogP contribution in [0.1, 0.15) is 19.4 Å². The minimum Gasteiger partial charge on any atom is -0.351 e. The number of piperazine rings is 1. The van der Waals surface area contributed by atoms with E-state index in [1.165, 1.54) is 11.3 Å². The van der Waals surface area contributed by atoms with Gasteiger partial charge in [0.2, 0.25) is 0 Å². The topological polar surface area (TPSA) is 39.7 Å². The molecule has 4 heteroatoms. The van der Waals surface area contributed by atoms with E-state index in [1.807, 2.05) is 12.3 Å². The van der Waals surface area contributed by atoms with Gasteiger partial charge in [-0.1, -0.05) is 32.0 Å². The first-order chi connectivity index (χ1) is 9.24. The first-order valence-electron chi connectivity index (χ1n) is 7.10. The number of aliphatic imine (C=N–C) groups is 1. The Hall–Kier alpha value is -1.39. The van der Waals surface area contributed by atoms with Crippen LogP contribution in [0, 0.1) is 5.92 Å². The summed E-state index contributed by atoms with van der Waals surface area (Å²) in [5, 5.41) is 7.11. The third-order valence-electron chi connectivity index (χ3n) is 3.99. The normalized spacial score (nSPS) is 27.1. The largest absolute Gasteiger partial charge is 0.351 e. The highest BCUT2D eigenvalue weighted by Gasteiger charge is 2.27. The molecule has 1 aromatic carbocycles. The molecule has 0 saturated carbocycles. The summed E-state index contributed by atoms with van der Waals surface area (Å²) in [7, 11) is 0. The van der Waals surface area contributed by atoms with E-state index < -0.39 is 0 Å². The van der Waals surface area contributed by atoms with Crippen LogP contribution in [0.5, 0.6) is 0 Å². The Labute approximate surface area is 114 Å². The molecule has 2 aliphatic rings. The van der Waals surface area contributed by atoms with Crippen LogP contribution in [0.15, 0.2) is 29.3 Å². The fourth-order valence-electron chi connectivity index (χ4n) is 2.72. The first kappa shape index (κ1) is 12.6. The van der Waals surface area contributed by atoms with E-state index >= 15 is 0 Å². The predicted molar refractivity (Wildman–Crippen MR) is 79.6 cm³/mol. The minimum absolute atomic E-state index is 0.0817. The molecule has 2 heterocycles. The van der Waals surface area contributed by atoms with Gasteiger partial charge >= 0.3 is 0 Å². The van der Waals surface area contributed by atoms with E-state index in [-0.39, 0.29) is 6.29 Å².